The maximum absolute atomic E-state index is 12.1. The molecular formula is C110H100Br4ClNO16S16. The van der Waals surface area contributed by atoms with Crippen LogP contribution in [0.15, 0.2) is 211 Å². The van der Waals surface area contributed by atoms with Gasteiger partial charge in [0.1, 0.15) is 0 Å². The van der Waals surface area contributed by atoms with Crippen LogP contribution < -0.4 is 0 Å². The topological polar surface area (TPSA) is 277 Å². The number of thiophene rings is 16. The summed E-state index contributed by atoms with van der Waals surface area (Å²) >= 11 is 42.1. The van der Waals surface area contributed by atoms with Crippen molar-refractivity contribution in [3.63, 3.8) is 0 Å². The van der Waals surface area contributed by atoms with Crippen LogP contribution in [0.25, 0.3) is 4.85 Å². The third-order valence-corrected chi connectivity index (χ3v) is 42.0. The van der Waals surface area contributed by atoms with E-state index in [1.807, 2.05) is 194 Å². The smallest absolute Gasteiger partial charge is 0.208 e. The van der Waals surface area contributed by atoms with Gasteiger partial charge in [-0.25, -0.2) is 4.85 Å². The number of carbonyl (C=O) groups excluding carboxylic acids is 16. The molecule has 0 radical (unpaired) electrons. The third-order valence-electron chi connectivity index (χ3n) is 21.2. The molecule has 0 saturated carbocycles. The lowest BCUT2D eigenvalue weighted by Crippen LogP contribution is -2.03. The zero-order chi connectivity index (χ0) is 108. The summed E-state index contributed by atoms with van der Waals surface area (Å²) in [5.41, 5.74) is 4.63. The van der Waals surface area contributed by atoms with E-state index in [1.54, 1.807) is 41.8 Å². The summed E-state index contributed by atoms with van der Waals surface area (Å²) in [6, 6.07) is 44.6. The first-order valence-corrected chi connectivity index (χ1v) is 63.4. The van der Waals surface area contributed by atoms with Gasteiger partial charge >= 0.3 is 0 Å². The largest absolute Gasteiger partial charge is 0.295 e. The highest BCUT2D eigenvalue weighted by atomic mass is 79.9. The molecule has 0 fully saturated rings. The van der Waals surface area contributed by atoms with Crippen molar-refractivity contribution in [1.82, 2.24) is 0 Å². The zero-order valence-corrected chi connectivity index (χ0v) is 102. The van der Waals surface area contributed by atoms with Gasteiger partial charge in [0, 0.05) is 157 Å². The second kappa shape index (κ2) is 63.9. The first-order valence-electron chi connectivity index (χ1n) is 46.0. The minimum absolute atomic E-state index is 0.0151. The van der Waals surface area contributed by atoms with E-state index in [-0.39, 0.29) is 157 Å². The van der Waals surface area contributed by atoms with Gasteiger partial charge in [0.2, 0.25) is 5.69 Å². The fraction of sp³-hybridized carbons (Fsp3) is 0.264. The molecule has 16 aromatic rings. The van der Waals surface area contributed by atoms with Gasteiger partial charge in [-0.05, 0) is 317 Å². The monoisotopic (exact) mass is 2550 g/mol. The van der Waals surface area contributed by atoms with Crippen LogP contribution >= 0.6 is 257 Å². The Morgan fingerprint density at radius 1 is 0.277 bits per heavy atom. The van der Waals surface area contributed by atoms with Crippen LogP contribution in [0.3, 0.4) is 0 Å². The molecule has 0 aliphatic heterocycles. The molecule has 0 bridgehead atoms. The Morgan fingerprint density at radius 2 is 0.588 bits per heavy atom. The van der Waals surface area contributed by atoms with Crippen molar-refractivity contribution in [2.24, 2.45) is 0 Å². The van der Waals surface area contributed by atoms with E-state index in [0.717, 1.165) is 127 Å². The molecule has 772 valence electrons. The number of hydrogen-bond donors (Lipinski definition) is 0. The normalized spacial score (nSPS) is 10.5. The summed E-state index contributed by atoms with van der Waals surface area (Å²) in [5.74, 6) is 0.964. The highest BCUT2D eigenvalue weighted by molar-refractivity contribution is 9.11. The SMILES string of the molecule is CCc1ccc(C(=O)CCC(=O)c2ccc(CC)s2)s1.CCc1ccc(C(=O)CCC(=O)c2cccs2)s1.Cc1cc(C(=O)CCC(=O)c2cc(C)c(Br)s2)sc1C.Cc1ccc(C(=O)CCC(=O)c2ccc(C)s2)s1.Cc1csc(C(=O)CCC(=O)c2cc(Br)cs2)c1.O=C(CCC(=O)c1cc(CCl)cs1)c1cccs1.O=C(CCC(=O)c1sccc1Br)c1cccs1.[C-]#[N+]c1ccsc1C(=O)CCC(=O)c1sccc1Br. The number of ketones is 16. The molecule has 0 atom stereocenters. The molecule has 38 heteroatoms. The molecule has 17 nitrogen and oxygen atoms in total. The Bertz CT molecular complexity index is 6810. The molecule has 0 N–H and O–H groups in total. The molecule has 0 saturated heterocycles. The van der Waals surface area contributed by atoms with Gasteiger partial charge in [-0.3, -0.25) is 76.7 Å². The van der Waals surface area contributed by atoms with Crippen LogP contribution in [0.4, 0.5) is 5.69 Å². The summed E-state index contributed by atoms with van der Waals surface area (Å²) in [4.78, 5) is 212. The van der Waals surface area contributed by atoms with Gasteiger partial charge < -0.3 is 0 Å². The maximum Gasteiger partial charge on any atom is 0.208 e. The molecule has 0 aromatic carbocycles. The number of carbonyl (C=O) groups is 16. The lowest BCUT2D eigenvalue weighted by molar-refractivity contribution is 0.0921. The molecule has 0 amide bonds. The van der Waals surface area contributed by atoms with Crippen LogP contribution in [-0.2, 0) is 25.1 Å². The van der Waals surface area contributed by atoms with Gasteiger partial charge in [0.15, 0.2) is 92.5 Å². The van der Waals surface area contributed by atoms with Crippen molar-refractivity contribution in [2.75, 3.05) is 0 Å². The van der Waals surface area contributed by atoms with Crippen molar-refractivity contribution in [3.05, 3.63) is 352 Å². The van der Waals surface area contributed by atoms with Gasteiger partial charge in [-0.2, -0.15) is 11.3 Å². The fourth-order valence-electron chi connectivity index (χ4n) is 12.9. The number of nitrogens with zero attached hydrogens (tertiary/aromatic N) is 1. The molecule has 16 rings (SSSR count). The first-order chi connectivity index (χ1) is 70.8. The predicted octanol–water partition coefficient (Wildman–Crippen LogP) is 37.1. The molecule has 16 heterocycles. The average molecular weight is 2560 g/mol. The quantitative estimate of drug-likeness (QED) is 0.0195. The Labute approximate surface area is 962 Å². The number of aryl methyl sites for hydroxylation is 9. The molecule has 0 spiro atoms. The lowest BCUT2D eigenvalue weighted by atomic mass is 10.1. The van der Waals surface area contributed by atoms with E-state index >= 15 is 0 Å². The van der Waals surface area contributed by atoms with Crippen molar-refractivity contribution in [3.8, 4) is 0 Å². The Kier molecular flexibility index (Phi) is 53.2. The van der Waals surface area contributed by atoms with Gasteiger partial charge in [0.05, 0.1) is 88.4 Å². The number of halogens is 5. The van der Waals surface area contributed by atoms with Crippen molar-refractivity contribution in [1.29, 1.82) is 0 Å². The molecule has 0 aliphatic rings. The summed E-state index contributed by atoms with van der Waals surface area (Å²) in [6.45, 7) is 25.1. The first kappa shape index (κ1) is 123. The third kappa shape index (κ3) is 40.3. The number of alkyl halides is 1. The van der Waals surface area contributed by atoms with Gasteiger partial charge in [-0.15, -0.1) is 182 Å². The summed E-state index contributed by atoms with van der Waals surface area (Å²) in [7, 11) is 0. The highest BCUT2D eigenvalue weighted by Gasteiger charge is 2.25. The average Bonchev–Trinajstić information content (AvgIpc) is 1.71. The predicted molar refractivity (Wildman–Crippen MR) is 635 cm³/mol. The second-order valence-corrected chi connectivity index (χ2v) is 53.2. The number of Topliss-reactive ketones (excluding diaryl/α,β-unsaturated/α-hetero) is 16. The van der Waals surface area contributed by atoms with E-state index < -0.39 is 0 Å². The van der Waals surface area contributed by atoms with E-state index in [2.05, 4.69) is 89.3 Å². The van der Waals surface area contributed by atoms with Crippen molar-refractivity contribution >= 4 is 355 Å². The number of rotatable bonds is 44. The van der Waals surface area contributed by atoms with Gasteiger partial charge in [0.25, 0.3) is 0 Å². The van der Waals surface area contributed by atoms with Crippen LogP contribution in [0.5, 0.6) is 0 Å². The minimum atomic E-state index is -0.137. The van der Waals surface area contributed by atoms with Crippen LogP contribution in [0.2, 0.25) is 0 Å². The number of hydrogen-bond acceptors (Lipinski definition) is 32. The fourth-order valence-corrected chi connectivity index (χ4v) is 29.2. The van der Waals surface area contributed by atoms with E-state index in [0.29, 0.717) is 74.5 Å². The van der Waals surface area contributed by atoms with Crippen molar-refractivity contribution < 1.29 is 76.7 Å². The zero-order valence-electron chi connectivity index (χ0n) is 81.6. The minimum Gasteiger partial charge on any atom is -0.295 e. The second-order valence-electron chi connectivity index (χ2n) is 32.3. The lowest BCUT2D eigenvalue weighted by Gasteiger charge is -1.99. The van der Waals surface area contributed by atoms with Crippen molar-refractivity contribution in [2.45, 2.75) is 190 Å². The van der Waals surface area contributed by atoms with E-state index in [1.165, 1.54) is 196 Å². The maximum atomic E-state index is 12.1. The van der Waals surface area contributed by atoms with E-state index in [4.69, 9.17) is 18.2 Å². The summed E-state index contributed by atoms with van der Waals surface area (Å²) < 4.78 is 3.48. The Morgan fingerprint density at radius 3 is 0.872 bits per heavy atom. The van der Waals surface area contributed by atoms with Gasteiger partial charge in [-0.1, -0.05) is 39.0 Å². The van der Waals surface area contributed by atoms with Crippen LogP contribution in [0.1, 0.15) is 330 Å². The molecule has 0 unspecified atom stereocenters. The highest BCUT2D eigenvalue weighted by Crippen LogP contribution is 2.35. The summed E-state index contributed by atoms with van der Waals surface area (Å²) in [6.07, 6.45) is 7.22. The Hall–Kier alpha value is -8.38. The molecular weight excluding hydrogens is 2460 g/mol. The Balaban J connectivity index is 0.000000188. The van der Waals surface area contributed by atoms with Crippen LogP contribution in [-0.4, -0.2) is 92.5 Å². The standard InChI is InChI=1S/C16H18O2S2.C15H15BrO2S2.2C14H14O2S2.C13H8BrNO2S2.C13H11BrO2S2.C13H11ClO2S2.C12H9BrO2S2/c1-3-11-5-9-15(19-11)13(17)7-8-14(18)16-10-6-12(4-2)20-16;1-8-6-13(19-10(8)3)11(17)4-5-12(18)14-7-9(2)15(16)20-14;1-9-3-7-13(17-9)11(15)5-6-12(16)14-8-4-10(2)18-14;1-2-10-5-8-14(18-10)12(16)7-6-11(15)13-4-3-9-17-13;1-15-9-5-7-19-13(9)11(17)3-2-10(16)12-8(14)4-6-18-12;1-8-4-12(17-6-8)10(15)2-3-11(16)13-5-9(14)7-18-13;14-7-9-6-13(18-8-9)11(16)4-3-10(15)12-2-1-5-17-12;13-8-5-7-17-12(8)10(15)4-3-9(14)11-2-1-6-16-11/h5-6,9-10H,3-4,7-8H2,1-2H3;6-7H,4-5H2,1-3H3;3-4,7-8H,5-6H2,1-2H3;3-5,8-9H,2,6-7H2,1H3;4-7H,2-3H2;4-7H,2-3H2,1H3;1-2,5-6,8H,3-4,7H2;1-2,5-7H,3-4H2. The van der Waals surface area contributed by atoms with Crippen LogP contribution in [0, 0.1) is 48.1 Å². The molecule has 0 aliphatic carbocycles. The summed E-state index contributed by atoms with van der Waals surface area (Å²) in [5, 5.41) is 16.7. The van der Waals surface area contributed by atoms with E-state index in [9.17, 15) is 76.7 Å². The molecule has 148 heavy (non-hydrogen) atoms. The molecule has 16 aromatic heterocycles.